The van der Waals surface area contributed by atoms with E-state index in [0.717, 1.165) is 51.1 Å². The normalized spacial score (nSPS) is 21.0. The predicted molar refractivity (Wildman–Crippen MR) is 144 cm³/mol. The quantitative estimate of drug-likeness (QED) is 0.487. The zero-order chi connectivity index (χ0) is 26.9. The second-order valence-corrected chi connectivity index (χ2v) is 10.8. The van der Waals surface area contributed by atoms with Crippen molar-refractivity contribution in [3.63, 3.8) is 0 Å². The van der Waals surface area contributed by atoms with Crippen LogP contribution >= 0.6 is 0 Å². The number of benzene rings is 1. The van der Waals surface area contributed by atoms with Crippen molar-refractivity contribution in [3.05, 3.63) is 53.0 Å². The van der Waals surface area contributed by atoms with Gasteiger partial charge in [0.15, 0.2) is 0 Å². The summed E-state index contributed by atoms with van der Waals surface area (Å²) in [6.45, 7) is 8.60. The summed E-state index contributed by atoms with van der Waals surface area (Å²) in [4.78, 5) is 25.0. The Balaban J connectivity index is 1.45. The summed E-state index contributed by atoms with van der Waals surface area (Å²) in [7, 11) is 1.51. The summed E-state index contributed by atoms with van der Waals surface area (Å²) in [5, 5.41) is 9.89. The van der Waals surface area contributed by atoms with Crippen molar-refractivity contribution in [1.82, 2.24) is 25.6 Å². The van der Waals surface area contributed by atoms with Gasteiger partial charge in [-0.25, -0.2) is 14.2 Å². The van der Waals surface area contributed by atoms with Crippen molar-refractivity contribution in [1.29, 1.82) is 0 Å². The van der Waals surface area contributed by atoms with E-state index < -0.39 is 11.6 Å². The lowest BCUT2D eigenvalue weighted by Gasteiger charge is -2.44. The molecule has 3 aliphatic heterocycles. The van der Waals surface area contributed by atoms with Crippen LogP contribution in [0.4, 0.5) is 15.0 Å². The van der Waals surface area contributed by atoms with Gasteiger partial charge in [-0.05, 0) is 55.5 Å². The number of nitrogens with one attached hydrogen (secondary N) is 2. The number of aryl methyl sites for hydroxylation is 1. The Hall–Kier alpha value is -2.79. The average molecular weight is 527 g/mol. The number of piperidine rings is 1. The third-order valence-corrected chi connectivity index (χ3v) is 8.17. The van der Waals surface area contributed by atoms with Crippen LogP contribution in [0.3, 0.4) is 0 Å². The number of hydrazine groups is 1. The number of aliphatic hydroxyl groups is 1. The number of hydrogen-bond donors (Lipinski definition) is 3. The van der Waals surface area contributed by atoms with Crippen molar-refractivity contribution in [2.24, 2.45) is 0 Å². The van der Waals surface area contributed by atoms with E-state index in [2.05, 4.69) is 28.7 Å². The van der Waals surface area contributed by atoms with Gasteiger partial charge in [-0.15, -0.1) is 0 Å². The van der Waals surface area contributed by atoms with Crippen LogP contribution in [-0.4, -0.2) is 83.9 Å². The van der Waals surface area contributed by atoms with E-state index in [1.54, 1.807) is 17.9 Å². The summed E-state index contributed by atoms with van der Waals surface area (Å²) < 4.78 is 19.6. The molecule has 1 spiro atoms. The number of aliphatic hydroxyl groups excluding tert-OH is 1. The molecule has 10 heteroatoms. The number of β-amino-alcohol motifs (C(OH)–C–C–N with tert-alkyl or cyclic N) is 1. The number of amides is 2. The molecule has 0 radical (unpaired) electrons. The molecule has 3 N–H and O–H groups in total. The molecule has 3 saturated heterocycles. The summed E-state index contributed by atoms with van der Waals surface area (Å²) in [6.07, 6.45) is 1.93. The van der Waals surface area contributed by atoms with Crippen LogP contribution in [-0.2, 0) is 13.0 Å². The van der Waals surface area contributed by atoms with Crippen molar-refractivity contribution in [3.8, 4) is 5.75 Å². The molecule has 2 amide bonds. The minimum absolute atomic E-state index is 0.108. The molecule has 1 atom stereocenters. The van der Waals surface area contributed by atoms with Gasteiger partial charge in [0.1, 0.15) is 17.4 Å². The molecule has 1 aromatic heterocycles. The number of urea groups is 1. The number of halogens is 1. The van der Waals surface area contributed by atoms with Crippen LogP contribution in [0.5, 0.6) is 5.75 Å². The Morgan fingerprint density at radius 1 is 1.21 bits per heavy atom. The molecule has 1 aromatic carbocycles. The summed E-state index contributed by atoms with van der Waals surface area (Å²) in [5.41, 5.74) is 8.90. The zero-order valence-electron chi connectivity index (χ0n) is 22.5. The maximum Gasteiger partial charge on any atom is 0.326 e. The number of nitrogens with zero attached hydrogens (tertiary/aromatic N) is 4. The SMILES string of the molecule is CCc1nc(N2CC3(CCN(CC(C)O)CC3)N(Cc3cc(F)cc(OC)c3)C2=O)ccc1C1CNNC1. The lowest BCUT2D eigenvalue weighted by Crippen LogP contribution is -2.54. The smallest absolute Gasteiger partial charge is 0.326 e. The first-order valence-electron chi connectivity index (χ1n) is 13.6. The molecule has 0 saturated carbocycles. The molecular formula is C28H39FN6O3. The van der Waals surface area contributed by atoms with Crippen molar-refractivity contribution < 1.29 is 19.0 Å². The van der Waals surface area contributed by atoms with Crippen LogP contribution in [0.2, 0.25) is 0 Å². The van der Waals surface area contributed by atoms with Crippen LogP contribution in [0.1, 0.15) is 49.4 Å². The van der Waals surface area contributed by atoms with Gasteiger partial charge in [-0.3, -0.25) is 15.8 Å². The lowest BCUT2D eigenvalue weighted by molar-refractivity contribution is 0.0487. The third kappa shape index (κ3) is 5.36. The molecule has 206 valence electrons. The third-order valence-electron chi connectivity index (χ3n) is 8.17. The highest BCUT2D eigenvalue weighted by Gasteiger charge is 2.51. The molecule has 4 heterocycles. The minimum Gasteiger partial charge on any atom is -0.497 e. The molecule has 9 nitrogen and oxygen atoms in total. The van der Waals surface area contributed by atoms with Crippen LogP contribution < -0.4 is 20.5 Å². The van der Waals surface area contributed by atoms with E-state index in [1.807, 2.05) is 11.0 Å². The standard InChI is InChI=1S/C28H39FN6O3/c1-4-25-24(21-14-30-31-15-21)5-6-26(32-25)34-18-28(7-9-33(10-8-28)16-19(2)36)35(27(34)37)17-20-11-22(29)13-23(12-20)38-3/h5-6,11-13,19,21,30-31,36H,4,7-10,14-18H2,1-3H3. The van der Waals surface area contributed by atoms with Crippen molar-refractivity contribution in [2.45, 2.75) is 57.2 Å². The van der Waals surface area contributed by atoms with Crippen LogP contribution in [0.25, 0.3) is 0 Å². The molecular weight excluding hydrogens is 487 g/mol. The van der Waals surface area contributed by atoms with E-state index in [4.69, 9.17) is 9.72 Å². The summed E-state index contributed by atoms with van der Waals surface area (Å²) >= 11 is 0. The highest BCUT2D eigenvalue weighted by Crippen LogP contribution is 2.40. The number of anilines is 1. The molecule has 2 aromatic rings. The Kier molecular flexibility index (Phi) is 7.85. The van der Waals surface area contributed by atoms with Crippen LogP contribution in [0.15, 0.2) is 30.3 Å². The van der Waals surface area contributed by atoms with Crippen molar-refractivity contribution >= 4 is 11.8 Å². The fourth-order valence-electron chi connectivity index (χ4n) is 6.16. The van der Waals surface area contributed by atoms with E-state index in [9.17, 15) is 14.3 Å². The largest absolute Gasteiger partial charge is 0.497 e. The molecule has 0 aliphatic carbocycles. The number of ether oxygens (including phenoxy) is 1. The Morgan fingerprint density at radius 2 is 1.95 bits per heavy atom. The Morgan fingerprint density at radius 3 is 2.61 bits per heavy atom. The van der Waals surface area contributed by atoms with Gasteiger partial charge < -0.3 is 19.6 Å². The predicted octanol–water partition coefficient (Wildman–Crippen LogP) is 2.64. The highest BCUT2D eigenvalue weighted by molar-refractivity contribution is 5.94. The number of carbonyl (C=O) groups is 1. The molecule has 3 aliphatic rings. The molecule has 0 bridgehead atoms. The number of methoxy groups -OCH3 is 1. The minimum atomic E-state index is -0.405. The summed E-state index contributed by atoms with van der Waals surface area (Å²) in [5.74, 6) is 1.07. The first kappa shape index (κ1) is 26.8. The van der Waals surface area contributed by atoms with Gasteiger partial charge in [0.25, 0.3) is 0 Å². The monoisotopic (exact) mass is 526 g/mol. The number of aromatic nitrogens is 1. The fourth-order valence-corrected chi connectivity index (χ4v) is 6.16. The maximum atomic E-state index is 14.3. The highest BCUT2D eigenvalue weighted by atomic mass is 19.1. The first-order valence-corrected chi connectivity index (χ1v) is 13.6. The average Bonchev–Trinajstić information content (AvgIpc) is 3.53. The Labute approximate surface area is 223 Å². The second kappa shape index (κ2) is 11.1. The molecule has 1 unspecified atom stereocenters. The molecule has 5 rings (SSSR count). The second-order valence-electron chi connectivity index (χ2n) is 10.8. The van der Waals surface area contributed by atoms with E-state index >= 15 is 0 Å². The fraction of sp³-hybridized carbons (Fsp3) is 0.571. The molecule has 38 heavy (non-hydrogen) atoms. The van der Waals surface area contributed by atoms with E-state index in [-0.39, 0.29) is 18.4 Å². The van der Waals surface area contributed by atoms with Gasteiger partial charge in [-0.2, -0.15) is 0 Å². The van der Waals surface area contributed by atoms with Gasteiger partial charge in [0.05, 0.1) is 25.3 Å². The number of pyridine rings is 1. The molecule has 3 fully saturated rings. The lowest BCUT2D eigenvalue weighted by atomic mass is 9.86. The van der Waals surface area contributed by atoms with Gasteiger partial charge in [0, 0.05) is 56.9 Å². The van der Waals surface area contributed by atoms with Crippen molar-refractivity contribution in [2.75, 3.05) is 51.3 Å². The number of carbonyl (C=O) groups excluding carboxylic acids is 1. The number of likely N-dealkylation sites (tertiary alicyclic amines) is 1. The van der Waals surface area contributed by atoms with E-state index in [0.29, 0.717) is 36.1 Å². The topological polar surface area (TPSA) is 93.2 Å². The van der Waals surface area contributed by atoms with Gasteiger partial charge in [-0.1, -0.05) is 13.0 Å². The Bertz CT molecular complexity index is 1150. The van der Waals surface area contributed by atoms with Gasteiger partial charge >= 0.3 is 6.03 Å². The maximum absolute atomic E-state index is 14.3. The summed E-state index contributed by atoms with van der Waals surface area (Å²) in [6, 6.07) is 8.59. The van der Waals surface area contributed by atoms with Gasteiger partial charge in [0.2, 0.25) is 0 Å². The zero-order valence-corrected chi connectivity index (χ0v) is 22.5. The number of hydrogen-bond acceptors (Lipinski definition) is 7. The number of rotatable bonds is 8. The first-order chi connectivity index (χ1) is 18.3. The van der Waals surface area contributed by atoms with Crippen LogP contribution in [0, 0.1) is 5.82 Å². The van der Waals surface area contributed by atoms with E-state index in [1.165, 1.54) is 24.8 Å².